The Morgan fingerprint density at radius 3 is 2.89 bits per heavy atom. The van der Waals surface area contributed by atoms with Crippen molar-refractivity contribution in [1.29, 1.82) is 0 Å². The van der Waals surface area contributed by atoms with Gasteiger partial charge in [0.05, 0.1) is 10.4 Å². The summed E-state index contributed by atoms with van der Waals surface area (Å²) in [6.07, 6.45) is 0. The second kappa shape index (κ2) is 3.96. The van der Waals surface area contributed by atoms with Crippen LogP contribution in [0, 0.1) is 6.92 Å². The molecule has 2 heterocycles. The van der Waals surface area contributed by atoms with Crippen LogP contribution >= 0.6 is 11.3 Å². The zero-order valence-corrected chi connectivity index (χ0v) is 10.4. The highest BCUT2D eigenvalue weighted by molar-refractivity contribution is 7.12. The fraction of sp³-hybridized carbons (Fsp3) is 0.0769. The maximum Gasteiger partial charge on any atom is 0.427 e. The second-order valence-corrected chi connectivity index (χ2v) is 4.90. The third kappa shape index (κ3) is 1.60. The fourth-order valence-corrected chi connectivity index (χ4v) is 2.48. The van der Waals surface area contributed by atoms with Gasteiger partial charge in [-0.3, -0.25) is 4.79 Å². The van der Waals surface area contributed by atoms with Crippen LogP contribution in [-0.4, -0.2) is 10.5 Å². The lowest BCUT2D eigenvalue weighted by Crippen LogP contribution is -2.22. The lowest BCUT2D eigenvalue weighted by Gasteiger charge is -1.98. The van der Waals surface area contributed by atoms with E-state index < -0.39 is 5.76 Å². The van der Waals surface area contributed by atoms with Gasteiger partial charge < -0.3 is 4.42 Å². The van der Waals surface area contributed by atoms with Crippen LogP contribution in [0.2, 0.25) is 0 Å². The van der Waals surface area contributed by atoms with Crippen LogP contribution in [0.4, 0.5) is 0 Å². The molecule has 0 radical (unpaired) electrons. The van der Waals surface area contributed by atoms with Gasteiger partial charge in [-0.1, -0.05) is 12.1 Å². The molecule has 0 saturated carbocycles. The predicted molar refractivity (Wildman–Crippen MR) is 69.3 cm³/mol. The van der Waals surface area contributed by atoms with E-state index in [9.17, 15) is 9.59 Å². The molecule has 2 aromatic heterocycles. The first-order valence-electron chi connectivity index (χ1n) is 5.37. The van der Waals surface area contributed by atoms with Crippen LogP contribution in [0.15, 0.2) is 44.9 Å². The molecule has 3 aromatic rings. The van der Waals surface area contributed by atoms with Crippen molar-refractivity contribution in [3.05, 3.63) is 56.7 Å². The molecule has 0 atom stereocenters. The zero-order valence-electron chi connectivity index (χ0n) is 9.54. The monoisotopic (exact) mass is 259 g/mol. The largest absolute Gasteiger partial charge is 0.427 e. The molecule has 0 aliphatic carbocycles. The number of oxazole rings is 1. The third-order valence-corrected chi connectivity index (χ3v) is 3.53. The van der Waals surface area contributed by atoms with Gasteiger partial charge in [-0.05, 0) is 36.1 Å². The number of hydrogen-bond donors (Lipinski definition) is 0. The molecule has 0 amide bonds. The van der Waals surface area contributed by atoms with Gasteiger partial charge in [0.15, 0.2) is 5.58 Å². The summed E-state index contributed by atoms with van der Waals surface area (Å²) < 4.78 is 6.16. The van der Waals surface area contributed by atoms with Gasteiger partial charge in [0.2, 0.25) is 0 Å². The van der Waals surface area contributed by atoms with Crippen molar-refractivity contribution in [1.82, 2.24) is 4.57 Å². The standard InChI is InChI=1S/C13H9NO3S/c1-8-4-5-9-10(7-8)17-13(16)14(9)12(15)11-3-2-6-18-11/h2-7H,1H3. The quantitative estimate of drug-likeness (QED) is 0.675. The van der Waals surface area contributed by atoms with Gasteiger partial charge in [0, 0.05) is 0 Å². The summed E-state index contributed by atoms with van der Waals surface area (Å²) in [6, 6.07) is 8.77. The van der Waals surface area contributed by atoms with E-state index >= 15 is 0 Å². The maximum absolute atomic E-state index is 12.2. The first-order valence-corrected chi connectivity index (χ1v) is 6.25. The number of nitrogens with zero attached hydrogens (tertiary/aromatic N) is 1. The summed E-state index contributed by atoms with van der Waals surface area (Å²) >= 11 is 1.30. The second-order valence-electron chi connectivity index (χ2n) is 3.96. The number of carbonyl (C=O) groups is 1. The summed E-state index contributed by atoms with van der Waals surface area (Å²) in [4.78, 5) is 24.5. The molecule has 0 unspecified atom stereocenters. The van der Waals surface area contributed by atoms with Gasteiger partial charge in [-0.2, -0.15) is 0 Å². The van der Waals surface area contributed by atoms with Crippen molar-refractivity contribution in [3.63, 3.8) is 0 Å². The smallest absolute Gasteiger partial charge is 0.407 e. The Bertz CT molecular complexity index is 780. The van der Waals surface area contributed by atoms with E-state index in [0.717, 1.165) is 10.1 Å². The van der Waals surface area contributed by atoms with E-state index in [1.807, 2.05) is 13.0 Å². The van der Waals surface area contributed by atoms with Crippen LogP contribution in [0.5, 0.6) is 0 Å². The average Bonchev–Trinajstić information content (AvgIpc) is 2.94. The van der Waals surface area contributed by atoms with Crippen molar-refractivity contribution in [2.45, 2.75) is 6.92 Å². The Kier molecular flexibility index (Phi) is 2.41. The van der Waals surface area contributed by atoms with E-state index in [4.69, 9.17) is 4.42 Å². The number of aromatic nitrogens is 1. The first-order chi connectivity index (χ1) is 8.66. The molecule has 5 heteroatoms. The highest BCUT2D eigenvalue weighted by atomic mass is 32.1. The number of rotatable bonds is 1. The number of benzene rings is 1. The highest BCUT2D eigenvalue weighted by Gasteiger charge is 2.18. The Morgan fingerprint density at radius 2 is 2.17 bits per heavy atom. The third-order valence-electron chi connectivity index (χ3n) is 2.67. The Hall–Kier alpha value is -2.14. The molecule has 0 bridgehead atoms. The van der Waals surface area contributed by atoms with Gasteiger partial charge in [0.1, 0.15) is 0 Å². The molecule has 1 aromatic carbocycles. The number of carbonyl (C=O) groups excluding carboxylic acids is 1. The van der Waals surface area contributed by atoms with Crippen LogP contribution in [0.3, 0.4) is 0 Å². The zero-order chi connectivity index (χ0) is 12.7. The first kappa shape index (κ1) is 11.0. The summed E-state index contributed by atoms with van der Waals surface area (Å²) in [5.41, 5.74) is 1.92. The van der Waals surface area contributed by atoms with E-state index in [1.165, 1.54) is 11.3 Å². The minimum Gasteiger partial charge on any atom is -0.407 e. The minimum atomic E-state index is -0.644. The Balaban J connectivity index is 2.26. The number of fused-ring (bicyclic) bond motifs is 1. The van der Waals surface area contributed by atoms with Crippen LogP contribution in [0.1, 0.15) is 15.2 Å². The summed E-state index contributed by atoms with van der Waals surface area (Å²) in [6.45, 7) is 1.90. The van der Waals surface area contributed by atoms with E-state index in [0.29, 0.717) is 16.0 Å². The highest BCUT2D eigenvalue weighted by Crippen LogP contribution is 2.17. The molecular formula is C13H9NO3S. The topological polar surface area (TPSA) is 52.2 Å². The number of thiophene rings is 1. The van der Waals surface area contributed by atoms with Crippen molar-refractivity contribution in [2.75, 3.05) is 0 Å². The SMILES string of the molecule is Cc1ccc2c(c1)oc(=O)n2C(=O)c1cccs1. The van der Waals surface area contributed by atoms with Crippen LogP contribution < -0.4 is 5.76 Å². The molecular weight excluding hydrogens is 250 g/mol. The van der Waals surface area contributed by atoms with Crippen molar-refractivity contribution < 1.29 is 9.21 Å². The average molecular weight is 259 g/mol. The number of hydrogen-bond acceptors (Lipinski definition) is 4. The lowest BCUT2D eigenvalue weighted by atomic mass is 10.2. The molecule has 0 aliphatic rings. The summed E-state index contributed by atoms with van der Waals surface area (Å²) in [7, 11) is 0. The van der Waals surface area contributed by atoms with E-state index in [2.05, 4.69) is 0 Å². The predicted octanol–water partition coefficient (Wildman–Crippen LogP) is 2.65. The van der Waals surface area contributed by atoms with Crippen molar-refractivity contribution in [3.8, 4) is 0 Å². The summed E-state index contributed by atoms with van der Waals surface area (Å²) in [5, 5.41) is 1.80. The maximum atomic E-state index is 12.2. The van der Waals surface area contributed by atoms with Gasteiger partial charge in [-0.25, -0.2) is 9.36 Å². The molecule has 0 saturated heterocycles. The molecule has 0 N–H and O–H groups in total. The molecule has 0 spiro atoms. The lowest BCUT2D eigenvalue weighted by molar-refractivity contribution is 0.0960. The molecule has 18 heavy (non-hydrogen) atoms. The van der Waals surface area contributed by atoms with Gasteiger partial charge >= 0.3 is 5.76 Å². The fourth-order valence-electron chi connectivity index (χ4n) is 1.83. The van der Waals surface area contributed by atoms with Crippen molar-refractivity contribution >= 4 is 28.3 Å². The molecule has 4 nitrogen and oxygen atoms in total. The van der Waals surface area contributed by atoms with Crippen LogP contribution in [0.25, 0.3) is 11.1 Å². The van der Waals surface area contributed by atoms with Crippen LogP contribution in [-0.2, 0) is 0 Å². The molecule has 3 rings (SSSR count). The Morgan fingerprint density at radius 1 is 1.33 bits per heavy atom. The van der Waals surface area contributed by atoms with Gasteiger partial charge in [0.25, 0.3) is 5.91 Å². The Labute approximate surface area is 106 Å². The molecule has 0 fully saturated rings. The normalized spacial score (nSPS) is 10.9. The minimum absolute atomic E-state index is 0.349. The van der Waals surface area contributed by atoms with E-state index in [-0.39, 0.29) is 5.91 Å². The van der Waals surface area contributed by atoms with Gasteiger partial charge in [-0.15, -0.1) is 11.3 Å². The molecule has 90 valence electrons. The summed E-state index contributed by atoms with van der Waals surface area (Å²) in [5.74, 6) is -0.994. The number of aryl methyl sites for hydroxylation is 1. The van der Waals surface area contributed by atoms with E-state index in [1.54, 1.807) is 29.6 Å². The molecule has 0 aliphatic heterocycles. The van der Waals surface area contributed by atoms with Crippen molar-refractivity contribution in [2.24, 2.45) is 0 Å².